The first-order chi connectivity index (χ1) is 19.6. The number of ether oxygens (including phenoxy) is 2. The quantitative estimate of drug-likeness (QED) is 0.368. The zero-order valence-electron chi connectivity index (χ0n) is 22.4. The standard InChI is InChI=1S/C29H34N8O3/c30-15-22-14-21(1-6-26(22)40-12-7-20-13-27(38)31-16-20)28-32-19-33-29(35-28)34-23-2-4-24(5-3-23)36-8-10-37(11-9-36)25-17-39-18-25/h1-6,14,19-20,25,27,31,38H,7-13,16-18H2,(H,32,33,34,35). The summed E-state index contributed by atoms with van der Waals surface area (Å²) in [5.74, 6) is 1.80. The van der Waals surface area contributed by atoms with E-state index < -0.39 is 6.23 Å². The summed E-state index contributed by atoms with van der Waals surface area (Å²) in [4.78, 5) is 18.1. The summed E-state index contributed by atoms with van der Waals surface area (Å²) in [7, 11) is 0. The molecule has 4 heterocycles. The average molecular weight is 543 g/mol. The summed E-state index contributed by atoms with van der Waals surface area (Å²) < 4.78 is 11.2. The fourth-order valence-corrected chi connectivity index (χ4v) is 5.38. The molecule has 1 aromatic heterocycles. The Balaban J connectivity index is 1.05. The molecule has 0 radical (unpaired) electrons. The number of piperazine rings is 1. The van der Waals surface area contributed by atoms with Crippen LogP contribution in [0, 0.1) is 17.2 Å². The van der Waals surface area contributed by atoms with Crippen LogP contribution in [0.3, 0.4) is 0 Å². The van der Waals surface area contributed by atoms with Crippen molar-refractivity contribution in [2.24, 2.45) is 5.92 Å². The van der Waals surface area contributed by atoms with E-state index in [0.717, 1.165) is 64.5 Å². The van der Waals surface area contributed by atoms with Crippen molar-refractivity contribution < 1.29 is 14.6 Å². The second-order valence-electron chi connectivity index (χ2n) is 10.5. The number of aliphatic hydroxyl groups excluding tert-OH is 1. The van der Waals surface area contributed by atoms with E-state index >= 15 is 0 Å². The predicted octanol–water partition coefficient (Wildman–Crippen LogP) is 2.37. The van der Waals surface area contributed by atoms with E-state index in [4.69, 9.17) is 9.47 Å². The molecule has 2 atom stereocenters. The first-order valence-corrected chi connectivity index (χ1v) is 13.9. The molecule has 0 aliphatic carbocycles. The van der Waals surface area contributed by atoms with Crippen LogP contribution in [0.5, 0.6) is 5.75 Å². The van der Waals surface area contributed by atoms with Gasteiger partial charge in [0.05, 0.1) is 31.4 Å². The Morgan fingerprint density at radius 1 is 1.10 bits per heavy atom. The lowest BCUT2D eigenvalue weighted by molar-refractivity contribution is -0.0660. The highest BCUT2D eigenvalue weighted by molar-refractivity contribution is 5.64. The molecule has 3 aliphatic heterocycles. The maximum atomic E-state index is 9.70. The lowest BCUT2D eigenvalue weighted by Gasteiger charge is -2.43. The van der Waals surface area contributed by atoms with Crippen LogP contribution in [0.4, 0.5) is 17.3 Å². The molecule has 2 unspecified atom stereocenters. The molecule has 11 nitrogen and oxygen atoms in total. The average Bonchev–Trinajstić information content (AvgIpc) is 3.38. The number of hydrogen-bond acceptors (Lipinski definition) is 11. The van der Waals surface area contributed by atoms with Gasteiger partial charge in [-0.05, 0) is 61.2 Å². The van der Waals surface area contributed by atoms with Crippen LogP contribution in [-0.2, 0) is 4.74 Å². The molecule has 0 bridgehead atoms. The number of nitriles is 1. The highest BCUT2D eigenvalue weighted by atomic mass is 16.5. The van der Waals surface area contributed by atoms with Gasteiger partial charge in [0, 0.05) is 49.7 Å². The second kappa shape index (κ2) is 12.1. The van der Waals surface area contributed by atoms with Gasteiger partial charge in [0.2, 0.25) is 5.95 Å². The van der Waals surface area contributed by atoms with Crippen molar-refractivity contribution >= 4 is 17.3 Å². The van der Waals surface area contributed by atoms with Gasteiger partial charge < -0.3 is 24.8 Å². The largest absolute Gasteiger partial charge is 0.492 e. The summed E-state index contributed by atoms with van der Waals surface area (Å²) in [6, 6.07) is 16.5. The summed E-state index contributed by atoms with van der Waals surface area (Å²) in [6.07, 6.45) is 2.57. The van der Waals surface area contributed by atoms with Crippen LogP contribution in [0.1, 0.15) is 18.4 Å². The molecule has 208 valence electrons. The molecule has 0 amide bonds. The lowest BCUT2D eigenvalue weighted by atomic mass is 10.1. The lowest BCUT2D eigenvalue weighted by Crippen LogP contribution is -2.56. The van der Waals surface area contributed by atoms with Crippen molar-refractivity contribution in [3.8, 4) is 23.2 Å². The van der Waals surface area contributed by atoms with Gasteiger partial charge in [-0.15, -0.1) is 0 Å². The maximum Gasteiger partial charge on any atom is 0.230 e. The van der Waals surface area contributed by atoms with Crippen LogP contribution < -0.4 is 20.3 Å². The number of nitrogens with zero attached hydrogens (tertiary/aromatic N) is 6. The fourth-order valence-electron chi connectivity index (χ4n) is 5.38. The molecule has 3 aliphatic rings. The normalized spacial score (nSPS) is 21.6. The smallest absolute Gasteiger partial charge is 0.230 e. The second-order valence-corrected chi connectivity index (χ2v) is 10.5. The predicted molar refractivity (Wildman–Crippen MR) is 150 cm³/mol. The number of aliphatic hydroxyl groups is 1. The van der Waals surface area contributed by atoms with Gasteiger partial charge in [-0.25, -0.2) is 9.97 Å². The third kappa shape index (κ3) is 6.16. The Bertz CT molecular complexity index is 1340. The van der Waals surface area contributed by atoms with Crippen molar-refractivity contribution in [3.05, 3.63) is 54.4 Å². The Labute approximate surface area is 233 Å². The van der Waals surface area contributed by atoms with Crippen molar-refractivity contribution in [2.75, 3.05) is 62.8 Å². The number of hydrogen-bond donors (Lipinski definition) is 3. The number of rotatable bonds is 9. The fraction of sp³-hybridized carbons (Fsp3) is 0.448. The molecular formula is C29H34N8O3. The molecule has 3 N–H and O–H groups in total. The van der Waals surface area contributed by atoms with E-state index in [1.54, 1.807) is 12.1 Å². The minimum Gasteiger partial charge on any atom is -0.492 e. The van der Waals surface area contributed by atoms with E-state index in [1.807, 2.05) is 18.2 Å². The topological polar surface area (TPSA) is 132 Å². The highest BCUT2D eigenvalue weighted by Crippen LogP contribution is 2.27. The number of aromatic nitrogens is 3. The zero-order valence-corrected chi connectivity index (χ0v) is 22.4. The van der Waals surface area contributed by atoms with E-state index in [0.29, 0.717) is 47.2 Å². The number of nitrogens with one attached hydrogen (secondary N) is 2. The molecule has 3 saturated heterocycles. The molecule has 3 fully saturated rings. The van der Waals surface area contributed by atoms with Gasteiger partial charge in [0.15, 0.2) is 5.82 Å². The van der Waals surface area contributed by atoms with Gasteiger partial charge in [0.25, 0.3) is 0 Å². The van der Waals surface area contributed by atoms with Gasteiger partial charge in [-0.1, -0.05) is 0 Å². The molecule has 0 spiro atoms. The molecule has 11 heteroatoms. The third-order valence-electron chi connectivity index (χ3n) is 7.85. The summed E-state index contributed by atoms with van der Waals surface area (Å²) in [6.45, 7) is 7.14. The first-order valence-electron chi connectivity index (χ1n) is 13.9. The van der Waals surface area contributed by atoms with Crippen molar-refractivity contribution in [1.29, 1.82) is 5.26 Å². The van der Waals surface area contributed by atoms with Crippen molar-refractivity contribution in [2.45, 2.75) is 25.1 Å². The molecule has 6 rings (SSSR count). The zero-order chi connectivity index (χ0) is 27.3. The first kappa shape index (κ1) is 26.4. The minimum atomic E-state index is -0.433. The van der Waals surface area contributed by atoms with Crippen LogP contribution in [0.25, 0.3) is 11.4 Å². The van der Waals surface area contributed by atoms with Crippen LogP contribution in [-0.4, -0.2) is 89.8 Å². The molecule has 2 aromatic carbocycles. The maximum absolute atomic E-state index is 9.70. The summed E-state index contributed by atoms with van der Waals surface area (Å²) in [5, 5.41) is 25.6. The van der Waals surface area contributed by atoms with Crippen LogP contribution >= 0.6 is 0 Å². The van der Waals surface area contributed by atoms with E-state index in [2.05, 4.69) is 53.6 Å². The summed E-state index contributed by atoms with van der Waals surface area (Å²) in [5.41, 5.74) is 3.22. The third-order valence-corrected chi connectivity index (χ3v) is 7.85. The monoisotopic (exact) mass is 542 g/mol. The van der Waals surface area contributed by atoms with Gasteiger partial charge in [0.1, 0.15) is 24.4 Å². The number of benzene rings is 2. The number of anilines is 3. The SMILES string of the molecule is N#Cc1cc(-c2ncnc(Nc3ccc(N4CCN(C5COC5)CC4)cc3)n2)ccc1OCCC1CNC(O)C1. The minimum absolute atomic E-state index is 0.371. The van der Waals surface area contributed by atoms with Crippen molar-refractivity contribution in [3.63, 3.8) is 0 Å². The highest BCUT2D eigenvalue weighted by Gasteiger charge is 2.29. The van der Waals surface area contributed by atoms with Gasteiger partial charge >= 0.3 is 0 Å². The van der Waals surface area contributed by atoms with Crippen LogP contribution in [0.2, 0.25) is 0 Å². The van der Waals surface area contributed by atoms with E-state index in [1.165, 1.54) is 12.0 Å². The van der Waals surface area contributed by atoms with Gasteiger partial charge in [-0.2, -0.15) is 10.2 Å². The molecule has 3 aromatic rings. The molecular weight excluding hydrogens is 508 g/mol. The van der Waals surface area contributed by atoms with Crippen LogP contribution in [0.15, 0.2) is 48.8 Å². The Kier molecular flexibility index (Phi) is 8.02. The Morgan fingerprint density at radius 3 is 2.62 bits per heavy atom. The van der Waals surface area contributed by atoms with Crippen molar-refractivity contribution in [1.82, 2.24) is 25.2 Å². The Morgan fingerprint density at radius 2 is 1.93 bits per heavy atom. The van der Waals surface area contributed by atoms with E-state index in [-0.39, 0.29) is 0 Å². The van der Waals surface area contributed by atoms with E-state index in [9.17, 15) is 10.4 Å². The Hall–Kier alpha value is -3.82. The summed E-state index contributed by atoms with van der Waals surface area (Å²) >= 11 is 0. The van der Waals surface area contributed by atoms with Gasteiger partial charge in [-0.3, -0.25) is 10.2 Å². The molecule has 0 saturated carbocycles. The molecule has 40 heavy (non-hydrogen) atoms.